The average molecular weight is 364 g/mol. The van der Waals surface area contributed by atoms with Gasteiger partial charge in [0, 0.05) is 17.4 Å². The summed E-state index contributed by atoms with van der Waals surface area (Å²) in [6, 6.07) is 9.89. The van der Waals surface area contributed by atoms with Gasteiger partial charge >= 0.3 is 0 Å². The minimum Gasteiger partial charge on any atom is -0.384 e. The average Bonchev–Trinajstić information content (AvgIpc) is 2.61. The largest absolute Gasteiger partial charge is 0.384 e. The standard InChI is InChI=1S/C23H29N3O/c1-15(2)20-5-3-4-6-21(20)26-22(27)19(13-24)14-25-23-10-16-7-17(11-23)9-18(8-16)12-23/h3-6,14-18,25H,7-12H2,1-2H3,(H,26,27)/b19-14-. The van der Waals surface area contributed by atoms with Gasteiger partial charge in [0.15, 0.2) is 0 Å². The first-order chi connectivity index (χ1) is 13.0. The quantitative estimate of drug-likeness (QED) is 0.588. The third-order valence-corrected chi connectivity index (χ3v) is 6.76. The van der Waals surface area contributed by atoms with Crippen molar-refractivity contribution >= 4 is 11.6 Å². The zero-order chi connectivity index (χ0) is 19.0. The van der Waals surface area contributed by atoms with E-state index in [1.54, 1.807) is 6.20 Å². The molecule has 0 atom stereocenters. The Labute approximate surface area is 162 Å². The topological polar surface area (TPSA) is 64.9 Å². The molecule has 0 aliphatic heterocycles. The van der Waals surface area contributed by atoms with Crippen LogP contribution in [0.25, 0.3) is 0 Å². The zero-order valence-corrected chi connectivity index (χ0v) is 16.3. The Morgan fingerprint density at radius 3 is 2.30 bits per heavy atom. The SMILES string of the molecule is CC(C)c1ccccc1NC(=O)/C(C#N)=C\NC12CC3CC(CC(C3)C1)C2. The van der Waals surface area contributed by atoms with E-state index in [1.165, 1.54) is 38.5 Å². The summed E-state index contributed by atoms with van der Waals surface area (Å²) >= 11 is 0. The number of hydrogen-bond donors (Lipinski definition) is 2. The second kappa shape index (κ2) is 7.03. The second-order valence-corrected chi connectivity index (χ2v) is 9.21. The van der Waals surface area contributed by atoms with Gasteiger partial charge in [-0.25, -0.2) is 0 Å². The number of nitrogens with one attached hydrogen (secondary N) is 2. The molecule has 142 valence electrons. The molecule has 4 fully saturated rings. The normalized spacial score (nSPS) is 31.6. The Bertz CT molecular complexity index is 767. The monoisotopic (exact) mass is 363 g/mol. The summed E-state index contributed by atoms with van der Waals surface area (Å²) in [4.78, 5) is 12.7. The molecular weight excluding hydrogens is 334 g/mol. The molecule has 4 nitrogen and oxygen atoms in total. The number of rotatable bonds is 5. The highest BCUT2D eigenvalue weighted by Crippen LogP contribution is 2.55. The molecule has 0 unspecified atom stereocenters. The lowest BCUT2D eigenvalue weighted by Gasteiger charge is -2.56. The predicted molar refractivity (Wildman–Crippen MR) is 107 cm³/mol. The minimum absolute atomic E-state index is 0.104. The van der Waals surface area contributed by atoms with Crippen LogP contribution < -0.4 is 10.6 Å². The van der Waals surface area contributed by atoms with Gasteiger partial charge in [-0.1, -0.05) is 32.0 Å². The number of amides is 1. The van der Waals surface area contributed by atoms with E-state index in [0.717, 1.165) is 29.0 Å². The van der Waals surface area contributed by atoms with Crippen molar-refractivity contribution in [3.63, 3.8) is 0 Å². The van der Waals surface area contributed by atoms with Crippen LogP contribution in [0.5, 0.6) is 0 Å². The highest BCUT2D eigenvalue weighted by atomic mass is 16.1. The summed E-state index contributed by atoms with van der Waals surface area (Å²) in [5, 5.41) is 16.0. The Morgan fingerprint density at radius 1 is 1.15 bits per heavy atom. The molecule has 0 spiro atoms. The molecule has 1 aromatic carbocycles. The van der Waals surface area contributed by atoms with Crippen molar-refractivity contribution < 1.29 is 4.79 Å². The third kappa shape index (κ3) is 3.60. The summed E-state index contributed by atoms with van der Waals surface area (Å²) in [7, 11) is 0. The first kappa shape index (κ1) is 18.1. The maximum absolute atomic E-state index is 12.7. The summed E-state index contributed by atoms with van der Waals surface area (Å²) in [6.45, 7) is 4.20. The van der Waals surface area contributed by atoms with Crippen LogP contribution in [-0.2, 0) is 4.79 Å². The van der Waals surface area contributed by atoms with E-state index in [-0.39, 0.29) is 17.0 Å². The Morgan fingerprint density at radius 2 is 1.74 bits per heavy atom. The summed E-state index contributed by atoms with van der Waals surface area (Å²) in [5.41, 5.74) is 2.13. The summed E-state index contributed by atoms with van der Waals surface area (Å²) in [6.07, 6.45) is 9.37. The van der Waals surface area contributed by atoms with Crippen LogP contribution in [0.4, 0.5) is 5.69 Å². The second-order valence-electron chi connectivity index (χ2n) is 9.21. The van der Waals surface area contributed by atoms with Crippen molar-refractivity contribution in [3.8, 4) is 6.07 Å². The third-order valence-electron chi connectivity index (χ3n) is 6.76. The van der Waals surface area contributed by atoms with E-state index in [4.69, 9.17) is 0 Å². The van der Waals surface area contributed by atoms with Gasteiger partial charge in [-0.05, 0) is 73.8 Å². The van der Waals surface area contributed by atoms with Crippen LogP contribution in [-0.4, -0.2) is 11.4 Å². The molecular formula is C23H29N3O. The minimum atomic E-state index is -0.331. The lowest BCUT2D eigenvalue weighted by molar-refractivity contribution is -0.112. The molecule has 1 amide bonds. The summed E-state index contributed by atoms with van der Waals surface area (Å²) < 4.78 is 0. The highest BCUT2D eigenvalue weighted by molar-refractivity contribution is 6.06. The number of para-hydroxylation sites is 1. The van der Waals surface area contributed by atoms with Crippen LogP contribution in [0, 0.1) is 29.1 Å². The van der Waals surface area contributed by atoms with Gasteiger partial charge < -0.3 is 10.6 Å². The van der Waals surface area contributed by atoms with Crippen LogP contribution >= 0.6 is 0 Å². The van der Waals surface area contributed by atoms with Crippen molar-refractivity contribution in [1.82, 2.24) is 5.32 Å². The first-order valence-electron chi connectivity index (χ1n) is 10.3. The smallest absolute Gasteiger partial charge is 0.267 e. The van der Waals surface area contributed by atoms with Crippen molar-refractivity contribution in [2.24, 2.45) is 17.8 Å². The number of nitrogens with zero attached hydrogens (tertiary/aromatic N) is 1. The molecule has 4 aliphatic carbocycles. The van der Waals surface area contributed by atoms with Gasteiger partial charge in [-0.3, -0.25) is 4.79 Å². The molecule has 0 heterocycles. The molecule has 0 radical (unpaired) electrons. The fraction of sp³-hybridized carbons (Fsp3) is 0.565. The number of hydrogen-bond acceptors (Lipinski definition) is 3. The van der Waals surface area contributed by atoms with Gasteiger partial charge in [-0.15, -0.1) is 0 Å². The van der Waals surface area contributed by atoms with Crippen molar-refractivity contribution in [3.05, 3.63) is 41.6 Å². The maximum atomic E-state index is 12.7. The van der Waals surface area contributed by atoms with E-state index in [1.807, 2.05) is 24.3 Å². The first-order valence-corrected chi connectivity index (χ1v) is 10.3. The molecule has 4 saturated carbocycles. The molecule has 4 aliphatic rings. The Hall–Kier alpha value is -2.28. The van der Waals surface area contributed by atoms with Crippen molar-refractivity contribution in [2.75, 3.05) is 5.32 Å². The van der Waals surface area contributed by atoms with E-state index in [9.17, 15) is 10.1 Å². The molecule has 2 N–H and O–H groups in total. The molecule has 0 aromatic heterocycles. The van der Waals surface area contributed by atoms with Crippen LogP contribution in [0.3, 0.4) is 0 Å². The number of carbonyl (C=O) groups excluding carboxylic acids is 1. The molecule has 1 aromatic rings. The lowest BCUT2D eigenvalue weighted by Crippen LogP contribution is -2.57. The fourth-order valence-corrected chi connectivity index (χ4v) is 5.97. The number of carbonyl (C=O) groups is 1. The van der Waals surface area contributed by atoms with E-state index >= 15 is 0 Å². The molecule has 0 saturated heterocycles. The molecule has 4 heteroatoms. The number of nitriles is 1. The van der Waals surface area contributed by atoms with Gasteiger partial charge in [0.2, 0.25) is 0 Å². The van der Waals surface area contributed by atoms with Crippen LogP contribution in [0.1, 0.15) is 63.9 Å². The predicted octanol–water partition coefficient (Wildman–Crippen LogP) is 4.71. The van der Waals surface area contributed by atoms with E-state index < -0.39 is 0 Å². The number of anilines is 1. The Balaban J connectivity index is 1.48. The molecule has 4 bridgehead atoms. The van der Waals surface area contributed by atoms with Gasteiger partial charge in [-0.2, -0.15) is 5.26 Å². The van der Waals surface area contributed by atoms with E-state index in [2.05, 4.69) is 30.6 Å². The fourth-order valence-electron chi connectivity index (χ4n) is 5.97. The zero-order valence-electron chi connectivity index (χ0n) is 16.3. The van der Waals surface area contributed by atoms with Crippen molar-refractivity contribution in [2.45, 2.75) is 63.8 Å². The summed E-state index contributed by atoms with van der Waals surface area (Å²) in [5.74, 6) is 2.46. The van der Waals surface area contributed by atoms with Gasteiger partial charge in [0.05, 0.1) is 0 Å². The van der Waals surface area contributed by atoms with Crippen LogP contribution in [0.15, 0.2) is 36.0 Å². The van der Waals surface area contributed by atoms with Crippen molar-refractivity contribution in [1.29, 1.82) is 5.26 Å². The van der Waals surface area contributed by atoms with E-state index in [0.29, 0.717) is 5.92 Å². The van der Waals surface area contributed by atoms with Gasteiger partial charge in [0.1, 0.15) is 11.6 Å². The van der Waals surface area contributed by atoms with Crippen LogP contribution in [0.2, 0.25) is 0 Å². The molecule has 5 rings (SSSR count). The number of benzene rings is 1. The molecule has 27 heavy (non-hydrogen) atoms. The highest BCUT2D eigenvalue weighted by Gasteiger charge is 2.50. The van der Waals surface area contributed by atoms with Gasteiger partial charge in [0.25, 0.3) is 5.91 Å². The maximum Gasteiger partial charge on any atom is 0.267 e. The lowest BCUT2D eigenvalue weighted by atomic mass is 9.53. The Kier molecular flexibility index (Phi) is 4.72.